The molecule has 0 spiro atoms. The van der Waals surface area contributed by atoms with Crippen molar-refractivity contribution in [1.29, 1.82) is 0 Å². The van der Waals surface area contributed by atoms with Gasteiger partial charge in [-0.25, -0.2) is 0 Å². The van der Waals surface area contributed by atoms with Crippen molar-refractivity contribution < 1.29 is 14.7 Å². The van der Waals surface area contributed by atoms with E-state index in [4.69, 9.17) is 10.8 Å². The van der Waals surface area contributed by atoms with Gasteiger partial charge >= 0.3 is 5.97 Å². The number of nitrogens with one attached hydrogen (secondary N) is 1. The van der Waals surface area contributed by atoms with Crippen LogP contribution in [-0.4, -0.2) is 29.6 Å². The SMILES string of the molecule is CC(C)C(CC(=O)O)NC(=O)C1CCCCC1CN. The van der Waals surface area contributed by atoms with Gasteiger partial charge < -0.3 is 16.2 Å². The molecule has 0 aliphatic heterocycles. The van der Waals surface area contributed by atoms with Crippen LogP contribution < -0.4 is 11.1 Å². The predicted octanol–water partition coefficient (Wildman–Crippen LogP) is 1.37. The lowest BCUT2D eigenvalue weighted by molar-refractivity contribution is -0.138. The van der Waals surface area contributed by atoms with Gasteiger partial charge in [-0.1, -0.05) is 26.7 Å². The van der Waals surface area contributed by atoms with Crippen LogP contribution >= 0.6 is 0 Å². The molecule has 3 atom stereocenters. The van der Waals surface area contributed by atoms with Crippen molar-refractivity contribution in [3.63, 3.8) is 0 Å². The molecule has 0 aromatic heterocycles. The van der Waals surface area contributed by atoms with Crippen LogP contribution in [0.3, 0.4) is 0 Å². The fourth-order valence-corrected chi connectivity index (χ4v) is 2.77. The molecule has 5 nitrogen and oxygen atoms in total. The number of carboxylic acid groups (broad SMARTS) is 1. The molecule has 1 fully saturated rings. The number of hydrogen-bond donors (Lipinski definition) is 3. The number of carbonyl (C=O) groups excluding carboxylic acids is 1. The second-order valence-electron chi connectivity index (χ2n) is 5.84. The molecule has 110 valence electrons. The summed E-state index contributed by atoms with van der Waals surface area (Å²) in [5.41, 5.74) is 5.73. The second kappa shape index (κ2) is 7.48. The fourth-order valence-electron chi connectivity index (χ4n) is 2.77. The number of amides is 1. The van der Waals surface area contributed by atoms with E-state index in [1.165, 1.54) is 0 Å². The van der Waals surface area contributed by atoms with Crippen LogP contribution in [0.25, 0.3) is 0 Å². The predicted molar refractivity (Wildman–Crippen MR) is 73.5 cm³/mol. The molecule has 0 saturated heterocycles. The Morgan fingerprint density at radius 3 is 2.47 bits per heavy atom. The average molecular weight is 270 g/mol. The molecule has 1 saturated carbocycles. The number of aliphatic carboxylic acids is 1. The standard InChI is InChI=1S/C14H26N2O3/c1-9(2)12(7-13(17)18)16-14(19)11-6-4-3-5-10(11)8-15/h9-12H,3-8,15H2,1-2H3,(H,16,19)(H,17,18). The third-order valence-corrected chi connectivity index (χ3v) is 4.08. The molecule has 19 heavy (non-hydrogen) atoms. The largest absolute Gasteiger partial charge is 0.481 e. The van der Waals surface area contributed by atoms with E-state index < -0.39 is 5.97 Å². The molecule has 0 aromatic carbocycles. The van der Waals surface area contributed by atoms with Gasteiger partial charge in [0.2, 0.25) is 5.91 Å². The third-order valence-electron chi connectivity index (χ3n) is 4.08. The summed E-state index contributed by atoms with van der Waals surface area (Å²) in [7, 11) is 0. The van der Waals surface area contributed by atoms with Gasteiger partial charge in [-0.2, -0.15) is 0 Å². The monoisotopic (exact) mass is 270 g/mol. The van der Waals surface area contributed by atoms with Crippen molar-refractivity contribution in [3.8, 4) is 0 Å². The number of hydrogen-bond acceptors (Lipinski definition) is 3. The number of carboxylic acids is 1. The molecule has 1 amide bonds. The average Bonchev–Trinajstić information content (AvgIpc) is 2.37. The molecule has 1 rings (SSSR count). The highest BCUT2D eigenvalue weighted by Gasteiger charge is 2.31. The van der Waals surface area contributed by atoms with E-state index in [9.17, 15) is 9.59 Å². The van der Waals surface area contributed by atoms with Gasteiger partial charge in [-0.05, 0) is 31.2 Å². The molecular formula is C14H26N2O3. The van der Waals surface area contributed by atoms with E-state index in [2.05, 4.69) is 5.32 Å². The zero-order chi connectivity index (χ0) is 14.4. The first-order valence-corrected chi connectivity index (χ1v) is 7.18. The molecule has 0 bridgehead atoms. The Balaban J connectivity index is 2.61. The highest BCUT2D eigenvalue weighted by molar-refractivity contribution is 5.80. The van der Waals surface area contributed by atoms with Crippen LogP contribution in [-0.2, 0) is 9.59 Å². The van der Waals surface area contributed by atoms with Crippen LogP contribution in [0.15, 0.2) is 0 Å². The minimum absolute atomic E-state index is 0.0184. The zero-order valence-electron chi connectivity index (χ0n) is 11.9. The first kappa shape index (κ1) is 16.0. The van der Waals surface area contributed by atoms with Gasteiger partial charge in [0.15, 0.2) is 0 Å². The van der Waals surface area contributed by atoms with E-state index in [-0.39, 0.29) is 36.1 Å². The Morgan fingerprint density at radius 1 is 1.32 bits per heavy atom. The normalized spacial score (nSPS) is 25.1. The molecule has 1 aliphatic carbocycles. The summed E-state index contributed by atoms with van der Waals surface area (Å²) in [5.74, 6) is -0.590. The molecule has 5 heteroatoms. The number of rotatable bonds is 6. The van der Waals surface area contributed by atoms with Crippen molar-refractivity contribution >= 4 is 11.9 Å². The van der Waals surface area contributed by atoms with Gasteiger partial charge in [-0.3, -0.25) is 9.59 Å². The van der Waals surface area contributed by atoms with E-state index in [0.717, 1.165) is 25.7 Å². The Bertz CT molecular complexity index is 318. The molecule has 1 aliphatic rings. The smallest absolute Gasteiger partial charge is 0.305 e. The summed E-state index contributed by atoms with van der Waals surface area (Å²) >= 11 is 0. The van der Waals surface area contributed by atoms with E-state index in [1.54, 1.807) is 0 Å². The Hall–Kier alpha value is -1.10. The Kier molecular flexibility index (Phi) is 6.28. The van der Waals surface area contributed by atoms with Crippen LogP contribution in [0.2, 0.25) is 0 Å². The molecular weight excluding hydrogens is 244 g/mol. The zero-order valence-corrected chi connectivity index (χ0v) is 11.9. The van der Waals surface area contributed by atoms with Crippen molar-refractivity contribution in [2.75, 3.05) is 6.54 Å². The summed E-state index contributed by atoms with van der Waals surface area (Å²) in [6.07, 6.45) is 4.03. The van der Waals surface area contributed by atoms with E-state index in [1.807, 2.05) is 13.8 Å². The number of nitrogens with two attached hydrogens (primary N) is 1. The maximum Gasteiger partial charge on any atom is 0.305 e. The lowest BCUT2D eigenvalue weighted by Crippen LogP contribution is -2.46. The van der Waals surface area contributed by atoms with Crippen LogP contribution in [0.5, 0.6) is 0 Å². The third kappa shape index (κ3) is 4.82. The second-order valence-corrected chi connectivity index (χ2v) is 5.84. The topological polar surface area (TPSA) is 92.4 Å². The molecule has 4 N–H and O–H groups in total. The van der Waals surface area contributed by atoms with Gasteiger partial charge in [0.1, 0.15) is 0 Å². The van der Waals surface area contributed by atoms with Crippen LogP contribution in [0, 0.1) is 17.8 Å². The maximum atomic E-state index is 12.3. The van der Waals surface area contributed by atoms with Crippen molar-refractivity contribution in [2.24, 2.45) is 23.5 Å². The highest BCUT2D eigenvalue weighted by Crippen LogP contribution is 2.29. The van der Waals surface area contributed by atoms with Gasteiger partial charge in [0, 0.05) is 12.0 Å². The minimum Gasteiger partial charge on any atom is -0.481 e. The summed E-state index contributed by atoms with van der Waals surface area (Å²) < 4.78 is 0. The molecule has 3 unspecified atom stereocenters. The minimum atomic E-state index is -0.877. The van der Waals surface area contributed by atoms with Crippen LogP contribution in [0.4, 0.5) is 0 Å². The Labute approximate surface area is 114 Å². The van der Waals surface area contributed by atoms with Crippen LogP contribution in [0.1, 0.15) is 46.0 Å². The first-order chi connectivity index (χ1) is 8.95. The van der Waals surface area contributed by atoms with E-state index in [0.29, 0.717) is 6.54 Å². The summed E-state index contributed by atoms with van der Waals surface area (Å²) in [6, 6.07) is -0.301. The highest BCUT2D eigenvalue weighted by atomic mass is 16.4. The van der Waals surface area contributed by atoms with Crippen molar-refractivity contribution in [1.82, 2.24) is 5.32 Å². The van der Waals surface area contributed by atoms with Gasteiger partial charge in [0.05, 0.1) is 6.42 Å². The fraction of sp³-hybridized carbons (Fsp3) is 0.857. The van der Waals surface area contributed by atoms with Gasteiger partial charge in [0.25, 0.3) is 0 Å². The molecule has 0 heterocycles. The lowest BCUT2D eigenvalue weighted by Gasteiger charge is -2.31. The quantitative estimate of drug-likeness (QED) is 0.679. The Morgan fingerprint density at radius 2 is 1.95 bits per heavy atom. The van der Waals surface area contributed by atoms with Crippen molar-refractivity contribution in [2.45, 2.75) is 52.0 Å². The van der Waals surface area contributed by atoms with E-state index >= 15 is 0 Å². The summed E-state index contributed by atoms with van der Waals surface area (Å²) in [6.45, 7) is 4.38. The summed E-state index contributed by atoms with van der Waals surface area (Å²) in [5, 5.41) is 11.8. The molecule has 0 aromatic rings. The van der Waals surface area contributed by atoms with Gasteiger partial charge in [-0.15, -0.1) is 0 Å². The molecule has 0 radical (unpaired) electrons. The first-order valence-electron chi connectivity index (χ1n) is 7.18. The summed E-state index contributed by atoms with van der Waals surface area (Å²) in [4.78, 5) is 23.1. The number of carbonyl (C=O) groups is 2. The van der Waals surface area contributed by atoms with Crippen molar-refractivity contribution in [3.05, 3.63) is 0 Å². The lowest BCUT2D eigenvalue weighted by atomic mass is 9.78. The maximum absolute atomic E-state index is 12.3.